The van der Waals surface area contributed by atoms with E-state index in [-0.39, 0.29) is 17.8 Å². The molecule has 1 aromatic heterocycles. The van der Waals surface area contributed by atoms with Crippen LogP contribution in [0, 0.1) is 17.8 Å². The molecule has 1 N–H and O–H groups in total. The van der Waals surface area contributed by atoms with E-state index in [0.29, 0.717) is 31.1 Å². The standard InChI is InChI=1S/C31H42N4O3/c1-34-21-26(19-24-6-3-4-8-28(24)34)25(20-30(37)38-2)18-22-13-16-35(17-14-22)29(36)12-11-27-10-9-23-7-5-15-32-31(23)33-27/h3-4,6,8-10,22,25-26H,5,7,11-21H2,1-2H3,(H,32,33). The molecule has 7 heteroatoms. The van der Waals surface area contributed by atoms with Gasteiger partial charge >= 0.3 is 5.97 Å². The molecule has 0 radical (unpaired) electrons. The van der Waals surface area contributed by atoms with Crippen molar-refractivity contribution in [2.24, 2.45) is 17.8 Å². The fourth-order valence-corrected chi connectivity index (χ4v) is 6.66. The third-order valence-electron chi connectivity index (χ3n) is 8.87. The third-order valence-corrected chi connectivity index (χ3v) is 8.87. The second-order valence-electron chi connectivity index (χ2n) is 11.4. The SMILES string of the molecule is COC(=O)CC(CC1CCN(C(=O)CCc2ccc3c(n2)NCCC3)CC1)C1Cc2ccccc2N(C)C1. The van der Waals surface area contributed by atoms with Gasteiger partial charge in [-0.15, -0.1) is 0 Å². The number of carbonyl (C=O) groups excluding carboxylic acids is 2. The van der Waals surface area contributed by atoms with E-state index in [1.54, 1.807) is 0 Å². The van der Waals surface area contributed by atoms with E-state index in [0.717, 1.165) is 76.2 Å². The monoisotopic (exact) mass is 518 g/mol. The molecule has 2 aromatic rings. The fourth-order valence-electron chi connectivity index (χ4n) is 6.66. The van der Waals surface area contributed by atoms with Gasteiger partial charge in [0.15, 0.2) is 0 Å². The lowest BCUT2D eigenvalue weighted by Gasteiger charge is -2.40. The molecule has 4 heterocycles. The molecule has 0 saturated carbocycles. The van der Waals surface area contributed by atoms with Crippen LogP contribution in [0.3, 0.4) is 0 Å². The molecule has 1 aromatic carbocycles. The Hall–Kier alpha value is -3.09. The van der Waals surface area contributed by atoms with Crippen molar-refractivity contribution >= 4 is 23.4 Å². The first-order valence-electron chi connectivity index (χ1n) is 14.4. The summed E-state index contributed by atoms with van der Waals surface area (Å²) in [5, 5.41) is 3.38. The maximum atomic E-state index is 13.0. The van der Waals surface area contributed by atoms with Gasteiger partial charge in [0.1, 0.15) is 5.82 Å². The minimum atomic E-state index is -0.116. The van der Waals surface area contributed by atoms with Gasteiger partial charge in [-0.1, -0.05) is 24.3 Å². The number of hydrogen-bond donors (Lipinski definition) is 1. The number of para-hydroxylation sites is 1. The zero-order chi connectivity index (χ0) is 26.5. The fraction of sp³-hybridized carbons (Fsp3) is 0.581. The molecular formula is C31H42N4O3. The summed E-state index contributed by atoms with van der Waals surface area (Å²) < 4.78 is 5.09. The highest BCUT2D eigenvalue weighted by Crippen LogP contribution is 2.37. The lowest BCUT2D eigenvalue weighted by atomic mass is 9.75. The Balaban J connectivity index is 1.13. The number of aromatic nitrogens is 1. The number of fused-ring (bicyclic) bond motifs is 2. The zero-order valence-electron chi connectivity index (χ0n) is 23.0. The van der Waals surface area contributed by atoms with E-state index in [4.69, 9.17) is 9.72 Å². The second kappa shape index (κ2) is 12.2. The quantitative estimate of drug-likeness (QED) is 0.519. The lowest BCUT2D eigenvalue weighted by molar-refractivity contribution is -0.142. The average Bonchev–Trinajstić information content (AvgIpc) is 2.95. The van der Waals surface area contributed by atoms with Crippen LogP contribution in [0.5, 0.6) is 0 Å². The van der Waals surface area contributed by atoms with Gasteiger partial charge in [-0.2, -0.15) is 0 Å². The number of pyridine rings is 1. The van der Waals surface area contributed by atoms with Crippen LogP contribution in [0.15, 0.2) is 36.4 Å². The predicted molar refractivity (Wildman–Crippen MR) is 150 cm³/mol. The lowest BCUT2D eigenvalue weighted by Crippen LogP contribution is -2.41. The van der Waals surface area contributed by atoms with Crippen molar-refractivity contribution in [3.63, 3.8) is 0 Å². The highest BCUT2D eigenvalue weighted by molar-refractivity contribution is 5.76. The average molecular weight is 519 g/mol. The van der Waals surface area contributed by atoms with Crippen LogP contribution in [0.4, 0.5) is 11.5 Å². The van der Waals surface area contributed by atoms with Crippen LogP contribution in [0.25, 0.3) is 0 Å². The van der Waals surface area contributed by atoms with Crippen LogP contribution >= 0.6 is 0 Å². The van der Waals surface area contributed by atoms with Gasteiger partial charge in [0.05, 0.1) is 7.11 Å². The molecule has 1 amide bonds. The van der Waals surface area contributed by atoms with Gasteiger partial charge in [0, 0.05) is 57.4 Å². The summed E-state index contributed by atoms with van der Waals surface area (Å²) in [6.45, 7) is 3.55. The molecule has 2 atom stereocenters. The highest BCUT2D eigenvalue weighted by atomic mass is 16.5. The number of hydrogen-bond acceptors (Lipinski definition) is 6. The number of likely N-dealkylation sites (tertiary alicyclic amines) is 1. The van der Waals surface area contributed by atoms with E-state index in [9.17, 15) is 9.59 Å². The number of benzene rings is 1. The van der Waals surface area contributed by atoms with Gasteiger partial charge in [-0.05, 0) is 86.0 Å². The summed E-state index contributed by atoms with van der Waals surface area (Å²) in [5.74, 6) is 2.35. The first-order chi connectivity index (χ1) is 18.5. The van der Waals surface area contributed by atoms with Crippen molar-refractivity contribution < 1.29 is 14.3 Å². The minimum Gasteiger partial charge on any atom is -0.469 e. The van der Waals surface area contributed by atoms with Gasteiger partial charge < -0.3 is 19.9 Å². The first-order valence-corrected chi connectivity index (χ1v) is 14.4. The van der Waals surface area contributed by atoms with Crippen molar-refractivity contribution in [2.45, 2.75) is 57.8 Å². The highest BCUT2D eigenvalue weighted by Gasteiger charge is 2.33. The van der Waals surface area contributed by atoms with Crippen LogP contribution < -0.4 is 10.2 Å². The topological polar surface area (TPSA) is 74.8 Å². The molecule has 5 rings (SSSR count). The largest absolute Gasteiger partial charge is 0.469 e. The minimum absolute atomic E-state index is 0.116. The summed E-state index contributed by atoms with van der Waals surface area (Å²) in [5.41, 5.74) is 4.94. The molecule has 3 aliphatic rings. The summed E-state index contributed by atoms with van der Waals surface area (Å²) >= 11 is 0. The van der Waals surface area contributed by atoms with E-state index in [1.807, 2.05) is 4.90 Å². The van der Waals surface area contributed by atoms with Crippen LogP contribution in [-0.4, -0.2) is 62.1 Å². The number of nitrogens with one attached hydrogen (secondary N) is 1. The Morgan fingerprint density at radius 3 is 2.76 bits per heavy atom. The van der Waals surface area contributed by atoms with E-state index in [2.05, 4.69) is 53.7 Å². The predicted octanol–water partition coefficient (Wildman–Crippen LogP) is 4.49. The molecule has 204 valence electrons. The van der Waals surface area contributed by atoms with E-state index >= 15 is 0 Å². The van der Waals surface area contributed by atoms with Crippen molar-refractivity contribution in [3.8, 4) is 0 Å². The van der Waals surface area contributed by atoms with Gasteiger partial charge in [0.2, 0.25) is 5.91 Å². The Kier molecular flexibility index (Phi) is 8.50. The Labute approximate surface area is 226 Å². The number of esters is 1. The van der Waals surface area contributed by atoms with Crippen molar-refractivity contribution in [1.29, 1.82) is 0 Å². The molecule has 3 aliphatic heterocycles. The smallest absolute Gasteiger partial charge is 0.305 e. The second-order valence-corrected chi connectivity index (χ2v) is 11.4. The van der Waals surface area contributed by atoms with E-state index < -0.39 is 0 Å². The number of aryl methyl sites for hydroxylation is 2. The summed E-state index contributed by atoms with van der Waals surface area (Å²) in [7, 11) is 3.64. The molecule has 0 spiro atoms. The molecule has 0 bridgehead atoms. The number of carbonyl (C=O) groups is 2. The number of rotatable bonds is 8. The normalized spacial score (nSPS) is 20.2. The molecule has 38 heavy (non-hydrogen) atoms. The molecular weight excluding hydrogens is 476 g/mol. The van der Waals surface area contributed by atoms with Crippen molar-refractivity contribution in [3.05, 3.63) is 53.2 Å². The maximum Gasteiger partial charge on any atom is 0.305 e. The number of anilines is 2. The molecule has 2 unspecified atom stereocenters. The third kappa shape index (κ3) is 6.30. The molecule has 1 saturated heterocycles. The molecule has 1 fully saturated rings. The van der Waals surface area contributed by atoms with Crippen LogP contribution in [-0.2, 0) is 33.6 Å². The van der Waals surface area contributed by atoms with Crippen LogP contribution in [0.1, 0.15) is 55.3 Å². The van der Waals surface area contributed by atoms with Gasteiger partial charge in [-0.3, -0.25) is 9.59 Å². The summed E-state index contributed by atoms with van der Waals surface area (Å²) in [6, 6.07) is 12.8. The van der Waals surface area contributed by atoms with Crippen molar-refractivity contribution in [1.82, 2.24) is 9.88 Å². The maximum absolute atomic E-state index is 13.0. The van der Waals surface area contributed by atoms with E-state index in [1.165, 1.54) is 23.9 Å². The summed E-state index contributed by atoms with van der Waals surface area (Å²) in [6.07, 6.45) is 7.93. The van der Waals surface area contributed by atoms with Gasteiger partial charge in [0.25, 0.3) is 0 Å². The number of ether oxygens (including phenoxy) is 1. The molecule has 7 nitrogen and oxygen atoms in total. The van der Waals surface area contributed by atoms with Crippen molar-refractivity contribution in [2.75, 3.05) is 50.6 Å². The summed E-state index contributed by atoms with van der Waals surface area (Å²) in [4.78, 5) is 34.5. The first kappa shape index (κ1) is 26.5. The Morgan fingerprint density at radius 2 is 1.95 bits per heavy atom. The number of piperidine rings is 1. The van der Waals surface area contributed by atoms with Gasteiger partial charge in [-0.25, -0.2) is 4.98 Å². The zero-order valence-corrected chi connectivity index (χ0v) is 23.0. The number of nitrogens with zero attached hydrogens (tertiary/aromatic N) is 3. The van der Waals surface area contributed by atoms with Crippen LogP contribution in [0.2, 0.25) is 0 Å². The number of amides is 1. The Bertz CT molecular complexity index is 1130. The molecule has 0 aliphatic carbocycles. The number of methoxy groups -OCH3 is 1. The Morgan fingerprint density at radius 1 is 1.13 bits per heavy atom.